The molecule has 4 N–H and O–H groups in total. The number of benzene rings is 3. The highest BCUT2D eigenvalue weighted by atomic mass is 16.5. The van der Waals surface area contributed by atoms with E-state index < -0.39 is 5.97 Å². The van der Waals surface area contributed by atoms with Gasteiger partial charge in [-0.2, -0.15) is 0 Å². The third kappa shape index (κ3) is 3.91. The van der Waals surface area contributed by atoms with E-state index >= 15 is 0 Å². The summed E-state index contributed by atoms with van der Waals surface area (Å²) in [7, 11) is 1.32. The van der Waals surface area contributed by atoms with Crippen LogP contribution in [-0.4, -0.2) is 24.8 Å². The fourth-order valence-corrected chi connectivity index (χ4v) is 2.85. The quantitative estimate of drug-likeness (QED) is 0.360. The number of amidine groups is 1. The predicted molar refractivity (Wildman–Crippen MR) is 109 cm³/mol. The van der Waals surface area contributed by atoms with E-state index in [2.05, 4.69) is 5.32 Å². The van der Waals surface area contributed by atoms with Crippen LogP contribution in [0.5, 0.6) is 0 Å². The lowest BCUT2D eigenvalue weighted by Gasteiger charge is -2.13. The van der Waals surface area contributed by atoms with Crippen LogP contribution < -0.4 is 11.1 Å². The second-order valence-corrected chi connectivity index (χ2v) is 6.03. The number of amides is 1. The lowest BCUT2D eigenvalue weighted by atomic mass is 9.95. The zero-order valence-electron chi connectivity index (χ0n) is 15.2. The number of hydrogen-bond acceptors (Lipinski definition) is 4. The molecule has 0 fully saturated rings. The maximum absolute atomic E-state index is 12.9. The first-order valence-electron chi connectivity index (χ1n) is 8.54. The van der Waals surface area contributed by atoms with Crippen LogP contribution in [0.25, 0.3) is 11.1 Å². The van der Waals surface area contributed by atoms with Crippen LogP contribution in [0.2, 0.25) is 0 Å². The molecule has 3 aromatic rings. The van der Waals surface area contributed by atoms with Crippen LogP contribution in [0, 0.1) is 5.41 Å². The van der Waals surface area contributed by atoms with Crippen LogP contribution >= 0.6 is 0 Å². The molecular weight excluding hydrogens is 354 g/mol. The second-order valence-electron chi connectivity index (χ2n) is 6.03. The van der Waals surface area contributed by atoms with Gasteiger partial charge < -0.3 is 15.8 Å². The van der Waals surface area contributed by atoms with Crippen LogP contribution in [0.15, 0.2) is 72.8 Å². The van der Waals surface area contributed by atoms with Crippen molar-refractivity contribution in [1.29, 1.82) is 5.41 Å². The van der Waals surface area contributed by atoms with Gasteiger partial charge in [0.25, 0.3) is 5.91 Å². The molecule has 0 aliphatic carbocycles. The van der Waals surface area contributed by atoms with Crippen molar-refractivity contribution in [2.75, 3.05) is 12.4 Å². The maximum Gasteiger partial charge on any atom is 0.338 e. The Kier molecular flexibility index (Phi) is 5.50. The Hall–Kier alpha value is -3.93. The van der Waals surface area contributed by atoms with Gasteiger partial charge in [0, 0.05) is 16.8 Å². The van der Waals surface area contributed by atoms with Crippen LogP contribution in [0.4, 0.5) is 5.69 Å². The number of ether oxygens (including phenoxy) is 1. The molecule has 0 saturated carbocycles. The topological polar surface area (TPSA) is 105 Å². The van der Waals surface area contributed by atoms with Crippen molar-refractivity contribution in [3.8, 4) is 11.1 Å². The summed E-state index contributed by atoms with van der Waals surface area (Å²) >= 11 is 0. The average molecular weight is 373 g/mol. The van der Waals surface area contributed by atoms with Crippen LogP contribution in [0.3, 0.4) is 0 Å². The largest absolute Gasteiger partial charge is 0.465 e. The fourth-order valence-electron chi connectivity index (χ4n) is 2.85. The second kappa shape index (κ2) is 8.18. The van der Waals surface area contributed by atoms with Gasteiger partial charge in [0.15, 0.2) is 0 Å². The average Bonchev–Trinajstić information content (AvgIpc) is 2.73. The smallest absolute Gasteiger partial charge is 0.338 e. The van der Waals surface area contributed by atoms with Crippen molar-refractivity contribution in [2.45, 2.75) is 0 Å². The fraction of sp³-hybridized carbons (Fsp3) is 0.0455. The van der Waals surface area contributed by atoms with E-state index in [-0.39, 0.29) is 11.7 Å². The summed E-state index contributed by atoms with van der Waals surface area (Å²) in [5.41, 5.74) is 8.65. The van der Waals surface area contributed by atoms with E-state index in [1.807, 2.05) is 6.07 Å². The highest BCUT2D eigenvalue weighted by Gasteiger charge is 2.18. The monoisotopic (exact) mass is 373 g/mol. The number of nitrogen functional groups attached to an aromatic ring is 1. The SMILES string of the molecule is COC(=O)c1ccccc1-c1ccccc1C(=O)Nc1ccc(C(=N)N)cc1. The molecule has 6 heteroatoms. The first-order chi connectivity index (χ1) is 13.5. The van der Waals surface area contributed by atoms with E-state index in [4.69, 9.17) is 15.9 Å². The van der Waals surface area contributed by atoms with Crippen molar-refractivity contribution >= 4 is 23.4 Å². The number of carbonyl (C=O) groups is 2. The Labute approximate surface area is 162 Å². The molecule has 0 heterocycles. The molecule has 3 rings (SSSR count). The lowest BCUT2D eigenvalue weighted by Crippen LogP contribution is -2.15. The third-order valence-electron chi connectivity index (χ3n) is 4.25. The van der Waals surface area contributed by atoms with E-state index in [0.717, 1.165) is 0 Å². The number of anilines is 1. The molecule has 28 heavy (non-hydrogen) atoms. The van der Waals surface area contributed by atoms with Crippen molar-refractivity contribution in [1.82, 2.24) is 0 Å². The summed E-state index contributed by atoms with van der Waals surface area (Å²) < 4.78 is 4.86. The Morgan fingerprint density at radius 1 is 0.857 bits per heavy atom. The molecular formula is C22H19N3O3. The molecule has 0 aliphatic rings. The van der Waals surface area contributed by atoms with Gasteiger partial charge >= 0.3 is 5.97 Å². The Bertz CT molecular complexity index is 1040. The number of rotatable bonds is 5. The molecule has 6 nitrogen and oxygen atoms in total. The minimum absolute atomic E-state index is 0.0392. The number of esters is 1. The number of carbonyl (C=O) groups excluding carboxylic acids is 2. The number of nitrogens with two attached hydrogens (primary N) is 1. The molecule has 0 atom stereocenters. The summed E-state index contributed by atoms with van der Waals surface area (Å²) in [6.45, 7) is 0. The summed E-state index contributed by atoms with van der Waals surface area (Å²) in [6, 6.07) is 20.7. The molecule has 3 aromatic carbocycles. The van der Waals surface area contributed by atoms with Crippen molar-refractivity contribution < 1.29 is 14.3 Å². The Balaban J connectivity index is 1.96. The van der Waals surface area contributed by atoms with Crippen molar-refractivity contribution in [3.05, 3.63) is 89.5 Å². The van der Waals surface area contributed by atoms with Crippen LogP contribution in [0.1, 0.15) is 26.3 Å². The van der Waals surface area contributed by atoms with E-state index in [1.54, 1.807) is 66.7 Å². The van der Waals surface area contributed by atoms with Crippen LogP contribution in [-0.2, 0) is 4.74 Å². The Morgan fingerprint density at radius 3 is 1.96 bits per heavy atom. The van der Waals surface area contributed by atoms with E-state index in [1.165, 1.54) is 7.11 Å². The molecule has 0 bridgehead atoms. The van der Waals surface area contributed by atoms with Crippen molar-refractivity contribution in [3.63, 3.8) is 0 Å². The summed E-state index contributed by atoms with van der Waals surface area (Å²) in [5, 5.41) is 10.3. The zero-order valence-corrected chi connectivity index (χ0v) is 15.2. The standard InChI is InChI=1S/C22H19N3O3/c1-28-22(27)19-9-5-3-7-17(19)16-6-2-4-8-18(16)21(26)25-15-12-10-14(11-13-15)20(23)24/h2-13H,1H3,(H3,23,24)(H,25,26). The zero-order chi connectivity index (χ0) is 20.1. The van der Waals surface area contributed by atoms with E-state index in [0.29, 0.717) is 33.5 Å². The molecule has 0 aliphatic heterocycles. The van der Waals surface area contributed by atoms with Gasteiger partial charge in [-0.05, 0) is 47.5 Å². The maximum atomic E-state index is 12.9. The van der Waals surface area contributed by atoms with Gasteiger partial charge in [-0.25, -0.2) is 4.79 Å². The molecule has 0 aromatic heterocycles. The highest BCUT2D eigenvalue weighted by Crippen LogP contribution is 2.28. The predicted octanol–water partition coefficient (Wildman–Crippen LogP) is 3.68. The van der Waals surface area contributed by atoms with Gasteiger partial charge in [0.2, 0.25) is 0 Å². The first kappa shape index (κ1) is 18.8. The van der Waals surface area contributed by atoms with Crippen molar-refractivity contribution in [2.24, 2.45) is 5.73 Å². The first-order valence-corrected chi connectivity index (χ1v) is 8.54. The minimum atomic E-state index is -0.467. The van der Waals surface area contributed by atoms with Gasteiger partial charge in [0.1, 0.15) is 5.84 Å². The molecule has 0 radical (unpaired) electrons. The molecule has 0 spiro atoms. The number of hydrogen-bond donors (Lipinski definition) is 3. The highest BCUT2D eigenvalue weighted by molar-refractivity contribution is 6.10. The normalized spacial score (nSPS) is 10.2. The van der Waals surface area contributed by atoms with Gasteiger partial charge in [-0.1, -0.05) is 36.4 Å². The number of methoxy groups -OCH3 is 1. The van der Waals surface area contributed by atoms with E-state index in [9.17, 15) is 9.59 Å². The molecule has 140 valence electrons. The third-order valence-corrected chi connectivity index (χ3v) is 4.25. The summed E-state index contributed by atoms with van der Waals surface area (Å²) in [4.78, 5) is 25.0. The Morgan fingerprint density at radius 2 is 1.39 bits per heavy atom. The van der Waals surface area contributed by atoms with Gasteiger partial charge in [-0.3, -0.25) is 10.2 Å². The molecule has 0 saturated heterocycles. The number of nitrogens with one attached hydrogen (secondary N) is 2. The molecule has 1 amide bonds. The van der Waals surface area contributed by atoms with Gasteiger partial charge in [0.05, 0.1) is 12.7 Å². The van der Waals surface area contributed by atoms with Gasteiger partial charge in [-0.15, -0.1) is 0 Å². The summed E-state index contributed by atoms with van der Waals surface area (Å²) in [6.07, 6.45) is 0. The summed E-state index contributed by atoms with van der Waals surface area (Å²) in [5.74, 6) is -0.820. The minimum Gasteiger partial charge on any atom is -0.465 e. The lowest BCUT2D eigenvalue weighted by molar-refractivity contribution is 0.0601. The molecule has 0 unspecified atom stereocenters.